The van der Waals surface area contributed by atoms with Gasteiger partial charge in [-0.2, -0.15) is 0 Å². The van der Waals surface area contributed by atoms with Crippen LogP contribution < -0.4 is 10.4 Å². The third-order valence-corrected chi connectivity index (χ3v) is 8.04. The van der Waals surface area contributed by atoms with Crippen LogP contribution in [0.25, 0.3) is 0 Å². The fourth-order valence-electron chi connectivity index (χ4n) is 3.54. The summed E-state index contributed by atoms with van der Waals surface area (Å²) < 4.78 is 13.3. The van der Waals surface area contributed by atoms with Gasteiger partial charge in [-0.05, 0) is 23.2 Å². The van der Waals surface area contributed by atoms with Gasteiger partial charge in [0.1, 0.15) is 0 Å². The lowest BCUT2D eigenvalue weighted by Gasteiger charge is -2.25. The number of hydrogen-bond donors (Lipinski definition) is 0. The maximum Gasteiger partial charge on any atom is 0.407 e. The van der Waals surface area contributed by atoms with Crippen LogP contribution in [0.4, 0.5) is 0 Å². The zero-order valence-electron chi connectivity index (χ0n) is 12.1. The predicted octanol–water partition coefficient (Wildman–Crippen LogP) is 2.60. The molecule has 2 aromatic carbocycles. The van der Waals surface area contributed by atoms with Gasteiger partial charge in [0, 0.05) is 0 Å². The summed E-state index contributed by atoms with van der Waals surface area (Å²) in [5.74, 6) is 0. The minimum Gasteiger partial charge on any atom is -0.382 e. The SMILES string of the molecule is c1ccc([Si]2(c3ccccc3)O[C@@H]3CCCC[C@H]3O2)cc1. The molecule has 1 saturated carbocycles. The lowest BCUT2D eigenvalue weighted by atomic mass is 9.95. The average molecular weight is 296 g/mol. The van der Waals surface area contributed by atoms with Crippen LogP contribution in [-0.4, -0.2) is 20.8 Å². The van der Waals surface area contributed by atoms with Gasteiger partial charge in [-0.1, -0.05) is 73.5 Å². The summed E-state index contributed by atoms with van der Waals surface area (Å²) in [6, 6.07) is 21.1. The van der Waals surface area contributed by atoms with Crippen LogP contribution in [0, 0.1) is 0 Å². The Morgan fingerprint density at radius 1 is 0.667 bits per heavy atom. The highest BCUT2D eigenvalue weighted by Crippen LogP contribution is 2.34. The molecule has 0 bridgehead atoms. The number of hydrogen-bond acceptors (Lipinski definition) is 2. The number of rotatable bonds is 2. The Bertz CT molecular complexity index is 544. The Labute approximate surface area is 127 Å². The summed E-state index contributed by atoms with van der Waals surface area (Å²) in [4.78, 5) is 0. The molecule has 4 rings (SSSR count). The molecule has 2 aliphatic rings. The molecule has 1 aliphatic heterocycles. The van der Waals surface area contributed by atoms with Gasteiger partial charge >= 0.3 is 8.56 Å². The molecule has 0 unspecified atom stereocenters. The smallest absolute Gasteiger partial charge is 0.382 e. The summed E-state index contributed by atoms with van der Waals surface area (Å²) in [6.07, 6.45) is 5.37. The van der Waals surface area contributed by atoms with Crippen molar-refractivity contribution < 1.29 is 8.85 Å². The van der Waals surface area contributed by atoms with Crippen molar-refractivity contribution in [3.8, 4) is 0 Å². The zero-order valence-corrected chi connectivity index (χ0v) is 13.1. The third kappa shape index (κ3) is 2.26. The quantitative estimate of drug-likeness (QED) is 0.793. The molecule has 2 fully saturated rings. The van der Waals surface area contributed by atoms with Crippen LogP contribution in [0.1, 0.15) is 25.7 Å². The minimum atomic E-state index is -2.51. The van der Waals surface area contributed by atoms with Crippen molar-refractivity contribution >= 4 is 18.9 Å². The second-order valence-electron chi connectivity index (χ2n) is 5.95. The van der Waals surface area contributed by atoms with Crippen molar-refractivity contribution in [2.45, 2.75) is 37.9 Å². The van der Waals surface area contributed by atoms with Crippen LogP contribution in [0.5, 0.6) is 0 Å². The van der Waals surface area contributed by atoms with Crippen LogP contribution in [-0.2, 0) is 8.85 Å². The highest BCUT2D eigenvalue weighted by molar-refractivity contribution is 6.93. The first-order valence-corrected chi connectivity index (χ1v) is 9.67. The first-order valence-electron chi connectivity index (χ1n) is 7.85. The Kier molecular flexibility index (Phi) is 3.41. The summed E-state index contributed by atoms with van der Waals surface area (Å²) in [5.41, 5.74) is 0. The van der Waals surface area contributed by atoms with Crippen LogP contribution in [0.2, 0.25) is 0 Å². The molecule has 0 spiro atoms. The topological polar surface area (TPSA) is 18.5 Å². The summed E-state index contributed by atoms with van der Waals surface area (Å²) in [5, 5.41) is 2.45. The van der Waals surface area contributed by atoms with Crippen molar-refractivity contribution in [2.24, 2.45) is 0 Å². The molecule has 2 nitrogen and oxygen atoms in total. The molecule has 0 radical (unpaired) electrons. The van der Waals surface area contributed by atoms with Gasteiger partial charge in [0.25, 0.3) is 0 Å². The maximum atomic E-state index is 6.64. The molecule has 1 saturated heterocycles. The van der Waals surface area contributed by atoms with Crippen molar-refractivity contribution in [1.82, 2.24) is 0 Å². The van der Waals surface area contributed by atoms with Crippen molar-refractivity contribution in [3.05, 3.63) is 60.7 Å². The normalized spacial score (nSPS) is 27.2. The lowest BCUT2D eigenvalue weighted by molar-refractivity contribution is 0.110. The fourth-order valence-corrected chi connectivity index (χ4v) is 7.13. The molecule has 2 atom stereocenters. The molecule has 108 valence electrons. The molecule has 0 aromatic heterocycles. The first-order chi connectivity index (χ1) is 10.4. The van der Waals surface area contributed by atoms with E-state index in [0.717, 1.165) is 12.8 Å². The molecule has 0 N–H and O–H groups in total. The Balaban J connectivity index is 1.81. The van der Waals surface area contributed by atoms with Gasteiger partial charge in [-0.25, -0.2) is 0 Å². The van der Waals surface area contributed by atoms with E-state index in [1.807, 2.05) is 0 Å². The second-order valence-corrected chi connectivity index (χ2v) is 8.80. The van der Waals surface area contributed by atoms with Crippen molar-refractivity contribution in [2.75, 3.05) is 0 Å². The fraction of sp³-hybridized carbons (Fsp3) is 0.333. The molecular weight excluding hydrogens is 276 g/mol. The van der Waals surface area contributed by atoms with Gasteiger partial charge in [0.05, 0.1) is 12.2 Å². The largest absolute Gasteiger partial charge is 0.407 e. The zero-order chi connectivity index (χ0) is 14.1. The van der Waals surface area contributed by atoms with Crippen LogP contribution >= 0.6 is 0 Å². The van der Waals surface area contributed by atoms with Crippen molar-refractivity contribution in [1.29, 1.82) is 0 Å². The van der Waals surface area contributed by atoms with E-state index in [9.17, 15) is 0 Å². The molecule has 3 heteroatoms. The Hall–Kier alpha value is -1.42. The highest BCUT2D eigenvalue weighted by Gasteiger charge is 2.54. The van der Waals surface area contributed by atoms with E-state index in [-0.39, 0.29) is 12.2 Å². The van der Waals surface area contributed by atoms with E-state index < -0.39 is 8.56 Å². The second kappa shape index (κ2) is 5.41. The van der Waals surface area contributed by atoms with E-state index in [4.69, 9.17) is 8.85 Å². The van der Waals surface area contributed by atoms with Gasteiger partial charge in [0.15, 0.2) is 0 Å². The Morgan fingerprint density at radius 3 is 1.52 bits per heavy atom. The Morgan fingerprint density at radius 2 is 1.10 bits per heavy atom. The van der Waals surface area contributed by atoms with E-state index >= 15 is 0 Å². The summed E-state index contributed by atoms with van der Waals surface area (Å²) >= 11 is 0. The lowest BCUT2D eigenvalue weighted by Crippen LogP contribution is -2.60. The van der Waals surface area contributed by atoms with Crippen molar-refractivity contribution in [3.63, 3.8) is 0 Å². The monoisotopic (exact) mass is 296 g/mol. The molecular formula is C18H20O2Si. The average Bonchev–Trinajstić information content (AvgIpc) is 2.97. The molecule has 2 aromatic rings. The molecule has 0 amide bonds. The number of fused-ring (bicyclic) bond motifs is 1. The molecule has 21 heavy (non-hydrogen) atoms. The van der Waals surface area contributed by atoms with Gasteiger partial charge in [0.2, 0.25) is 0 Å². The van der Waals surface area contributed by atoms with E-state index in [2.05, 4.69) is 60.7 Å². The highest BCUT2D eigenvalue weighted by atomic mass is 28.4. The summed E-state index contributed by atoms with van der Waals surface area (Å²) in [7, 11) is -2.51. The first kappa shape index (κ1) is 13.3. The van der Waals surface area contributed by atoms with Crippen LogP contribution in [0.15, 0.2) is 60.7 Å². The van der Waals surface area contributed by atoms with Gasteiger partial charge in [-0.3, -0.25) is 0 Å². The van der Waals surface area contributed by atoms with E-state index in [1.54, 1.807) is 0 Å². The summed E-state index contributed by atoms with van der Waals surface area (Å²) in [6.45, 7) is 0. The van der Waals surface area contributed by atoms with Gasteiger partial charge < -0.3 is 8.85 Å². The predicted molar refractivity (Wildman–Crippen MR) is 86.1 cm³/mol. The van der Waals surface area contributed by atoms with E-state index in [1.165, 1.54) is 23.2 Å². The molecule has 1 aliphatic carbocycles. The van der Waals surface area contributed by atoms with E-state index in [0.29, 0.717) is 0 Å². The standard InChI is InChI=1S/C18H20O2Si/c1-3-9-15(10-4-1)21(16-11-5-2-6-12-16)19-17-13-7-8-14-18(17)20-21/h1-6,9-12,17-18H,7-8,13-14H2/t17-,18-/m1/s1. The number of benzene rings is 2. The van der Waals surface area contributed by atoms with Gasteiger partial charge in [-0.15, -0.1) is 0 Å². The maximum absolute atomic E-state index is 6.64. The third-order valence-electron chi connectivity index (χ3n) is 4.58. The minimum absolute atomic E-state index is 0.283. The molecule has 1 heterocycles. The van der Waals surface area contributed by atoms with Crippen LogP contribution in [0.3, 0.4) is 0 Å².